The molecular formula is C9H19NOS. The van der Waals surface area contributed by atoms with Crippen LogP contribution in [0.2, 0.25) is 0 Å². The summed E-state index contributed by atoms with van der Waals surface area (Å²) in [5, 5.41) is 2.97. The Morgan fingerprint density at radius 3 is 1.83 bits per heavy atom. The third kappa shape index (κ3) is 4.00. The minimum atomic E-state index is -0.299. The molecule has 0 aromatic heterocycles. The number of hydrogen-bond donors (Lipinski definition) is 1. The highest BCUT2D eigenvalue weighted by molar-refractivity contribution is 7.99. The fourth-order valence-electron chi connectivity index (χ4n) is 0.512. The number of amides is 1. The molecular weight excluding hydrogens is 170 g/mol. The van der Waals surface area contributed by atoms with Gasteiger partial charge in [-0.2, -0.15) is 0 Å². The summed E-state index contributed by atoms with van der Waals surface area (Å²) >= 11 is 1.64. The highest BCUT2D eigenvalue weighted by Crippen LogP contribution is 2.21. The van der Waals surface area contributed by atoms with Crippen LogP contribution in [-0.4, -0.2) is 17.0 Å². The van der Waals surface area contributed by atoms with Crippen LogP contribution < -0.4 is 5.32 Å². The summed E-state index contributed by atoms with van der Waals surface area (Å²) in [6.07, 6.45) is 1.99. The molecule has 72 valence electrons. The zero-order valence-electron chi connectivity index (χ0n) is 8.82. The van der Waals surface area contributed by atoms with E-state index in [0.29, 0.717) is 0 Å². The molecule has 0 aliphatic carbocycles. The molecule has 0 spiro atoms. The standard InChI is InChI=1S/C9H19NOS/c1-8(2,3)7(11)10-9(4,5)12-6/h1-6H3,(H,10,11). The average molecular weight is 189 g/mol. The van der Waals surface area contributed by atoms with E-state index in [2.05, 4.69) is 5.32 Å². The average Bonchev–Trinajstić information content (AvgIpc) is 1.85. The summed E-state index contributed by atoms with van der Waals surface area (Å²) in [5.74, 6) is 0.0989. The van der Waals surface area contributed by atoms with Crippen molar-refractivity contribution in [3.63, 3.8) is 0 Å². The summed E-state index contributed by atoms with van der Waals surface area (Å²) in [6, 6.07) is 0. The van der Waals surface area contributed by atoms with E-state index in [-0.39, 0.29) is 16.2 Å². The summed E-state index contributed by atoms with van der Waals surface area (Å²) in [4.78, 5) is 11.4. The molecule has 2 nitrogen and oxygen atoms in total. The van der Waals surface area contributed by atoms with Crippen LogP contribution in [0.15, 0.2) is 0 Å². The van der Waals surface area contributed by atoms with Crippen LogP contribution in [0.1, 0.15) is 34.6 Å². The van der Waals surface area contributed by atoms with E-state index in [0.717, 1.165) is 0 Å². The largest absolute Gasteiger partial charge is 0.342 e. The van der Waals surface area contributed by atoms with Gasteiger partial charge in [0, 0.05) is 5.41 Å². The fourth-order valence-corrected chi connectivity index (χ4v) is 0.707. The van der Waals surface area contributed by atoms with E-state index in [1.54, 1.807) is 11.8 Å². The number of thioether (sulfide) groups is 1. The molecule has 0 heterocycles. The normalized spacial score (nSPS) is 12.8. The summed E-state index contributed by atoms with van der Waals surface area (Å²) in [7, 11) is 0. The Bertz CT molecular complexity index is 170. The molecule has 0 rings (SSSR count). The van der Waals surface area contributed by atoms with Crippen LogP contribution in [0.5, 0.6) is 0 Å². The third-order valence-corrected chi connectivity index (χ3v) is 2.73. The molecule has 0 aliphatic heterocycles. The molecule has 0 aromatic rings. The van der Waals surface area contributed by atoms with Gasteiger partial charge in [0.15, 0.2) is 0 Å². The van der Waals surface area contributed by atoms with Crippen molar-refractivity contribution in [2.45, 2.75) is 39.5 Å². The maximum absolute atomic E-state index is 11.5. The van der Waals surface area contributed by atoms with E-state index >= 15 is 0 Å². The van der Waals surface area contributed by atoms with Gasteiger partial charge >= 0.3 is 0 Å². The molecule has 0 unspecified atom stereocenters. The van der Waals surface area contributed by atoms with Gasteiger partial charge in [-0.15, -0.1) is 11.8 Å². The Balaban J connectivity index is 4.20. The van der Waals surface area contributed by atoms with Crippen LogP contribution >= 0.6 is 11.8 Å². The van der Waals surface area contributed by atoms with Gasteiger partial charge in [-0.25, -0.2) is 0 Å². The second-order valence-electron chi connectivity index (χ2n) is 4.42. The van der Waals surface area contributed by atoms with Gasteiger partial charge in [-0.3, -0.25) is 4.79 Å². The van der Waals surface area contributed by atoms with Crippen molar-refractivity contribution in [2.24, 2.45) is 5.41 Å². The van der Waals surface area contributed by atoms with Crippen molar-refractivity contribution < 1.29 is 4.79 Å². The molecule has 0 saturated heterocycles. The van der Waals surface area contributed by atoms with Crippen LogP contribution in [0, 0.1) is 5.41 Å². The zero-order valence-corrected chi connectivity index (χ0v) is 9.63. The first kappa shape index (κ1) is 11.8. The molecule has 0 aliphatic rings. The van der Waals surface area contributed by atoms with Gasteiger partial charge in [0.05, 0.1) is 4.87 Å². The lowest BCUT2D eigenvalue weighted by Gasteiger charge is -2.28. The zero-order chi connectivity index (χ0) is 9.99. The van der Waals surface area contributed by atoms with E-state index in [1.165, 1.54) is 0 Å². The van der Waals surface area contributed by atoms with Gasteiger partial charge in [0.2, 0.25) is 5.91 Å². The molecule has 12 heavy (non-hydrogen) atoms. The molecule has 0 saturated carbocycles. The first-order valence-electron chi connectivity index (χ1n) is 4.07. The van der Waals surface area contributed by atoms with E-state index in [9.17, 15) is 4.79 Å². The smallest absolute Gasteiger partial charge is 0.226 e. The molecule has 3 heteroatoms. The van der Waals surface area contributed by atoms with Crippen molar-refractivity contribution in [3.8, 4) is 0 Å². The molecule has 0 atom stereocenters. The summed E-state index contributed by atoms with van der Waals surface area (Å²) in [5.41, 5.74) is -0.299. The maximum Gasteiger partial charge on any atom is 0.226 e. The van der Waals surface area contributed by atoms with Crippen LogP contribution in [0.25, 0.3) is 0 Å². The number of rotatable bonds is 2. The van der Waals surface area contributed by atoms with Crippen LogP contribution in [0.3, 0.4) is 0 Å². The van der Waals surface area contributed by atoms with Crippen molar-refractivity contribution in [1.82, 2.24) is 5.32 Å². The summed E-state index contributed by atoms with van der Waals surface area (Å²) < 4.78 is 0. The first-order valence-corrected chi connectivity index (χ1v) is 5.29. The number of nitrogens with one attached hydrogen (secondary N) is 1. The van der Waals surface area contributed by atoms with E-state index in [4.69, 9.17) is 0 Å². The second-order valence-corrected chi connectivity index (χ2v) is 5.85. The monoisotopic (exact) mass is 189 g/mol. The fraction of sp³-hybridized carbons (Fsp3) is 0.889. The van der Waals surface area contributed by atoms with Crippen molar-refractivity contribution >= 4 is 17.7 Å². The van der Waals surface area contributed by atoms with Gasteiger partial charge in [0.25, 0.3) is 0 Å². The lowest BCUT2D eigenvalue weighted by molar-refractivity contribution is -0.129. The van der Waals surface area contributed by atoms with Crippen molar-refractivity contribution in [3.05, 3.63) is 0 Å². The maximum atomic E-state index is 11.5. The summed E-state index contributed by atoms with van der Waals surface area (Å²) in [6.45, 7) is 9.75. The Hall–Kier alpha value is -0.180. The number of carbonyl (C=O) groups excluding carboxylic acids is 1. The van der Waals surface area contributed by atoms with Crippen molar-refractivity contribution in [2.75, 3.05) is 6.26 Å². The quantitative estimate of drug-likeness (QED) is 0.675. The Morgan fingerprint density at radius 2 is 1.58 bits per heavy atom. The van der Waals surface area contributed by atoms with E-state index < -0.39 is 0 Å². The van der Waals surface area contributed by atoms with Crippen LogP contribution in [0.4, 0.5) is 0 Å². The van der Waals surface area contributed by atoms with Crippen molar-refractivity contribution in [1.29, 1.82) is 0 Å². The first-order chi connectivity index (χ1) is 5.19. The van der Waals surface area contributed by atoms with E-state index in [1.807, 2.05) is 40.9 Å². The lowest BCUT2D eigenvalue weighted by atomic mass is 9.95. The van der Waals surface area contributed by atoms with Gasteiger partial charge in [-0.1, -0.05) is 20.8 Å². The predicted molar refractivity (Wildman–Crippen MR) is 55.2 cm³/mol. The molecule has 1 amide bonds. The van der Waals surface area contributed by atoms with Gasteiger partial charge in [0.1, 0.15) is 0 Å². The predicted octanol–water partition coefficient (Wildman–Crippen LogP) is 2.25. The topological polar surface area (TPSA) is 29.1 Å². The SMILES string of the molecule is CSC(C)(C)NC(=O)C(C)(C)C. The highest BCUT2D eigenvalue weighted by Gasteiger charge is 2.26. The number of carbonyl (C=O) groups is 1. The molecule has 0 bridgehead atoms. The third-order valence-electron chi connectivity index (χ3n) is 1.61. The van der Waals surface area contributed by atoms with Crippen LogP contribution in [-0.2, 0) is 4.79 Å². The Kier molecular flexibility index (Phi) is 3.63. The molecule has 1 N–H and O–H groups in total. The minimum absolute atomic E-state index is 0.0989. The highest BCUT2D eigenvalue weighted by atomic mass is 32.2. The Morgan fingerprint density at radius 1 is 1.17 bits per heavy atom. The molecule has 0 fully saturated rings. The lowest BCUT2D eigenvalue weighted by Crippen LogP contribution is -2.45. The minimum Gasteiger partial charge on any atom is -0.342 e. The van der Waals surface area contributed by atoms with Gasteiger partial charge < -0.3 is 5.32 Å². The number of hydrogen-bond acceptors (Lipinski definition) is 2. The second kappa shape index (κ2) is 3.69. The van der Waals surface area contributed by atoms with Gasteiger partial charge in [-0.05, 0) is 20.1 Å². The molecule has 0 radical (unpaired) electrons. The molecule has 0 aromatic carbocycles. The Labute approximate surface area is 79.5 Å².